The van der Waals surface area contributed by atoms with E-state index < -0.39 is 11.0 Å². The predicted molar refractivity (Wildman–Crippen MR) is 95.5 cm³/mol. The van der Waals surface area contributed by atoms with Crippen LogP contribution < -0.4 is 10.2 Å². The van der Waals surface area contributed by atoms with Crippen molar-refractivity contribution < 1.29 is 14.7 Å². The van der Waals surface area contributed by atoms with Gasteiger partial charge in [0.2, 0.25) is 0 Å². The van der Waals surface area contributed by atoms with E-state index in [9.17, 15) is 5.11 Å². The Bertz CT molecular complexity index is 677. The molecule has 0 amide bonds. The summed E-state index contributed by atoms with van der Waals surface area (Å²) in [7, 11) is 1.53. The van der Waals surface area contributed by atoms with E-state index in [0.717, 1.165) is 5.56 Å². The summed E-state index contributed by atoms with van der Waals surface area (Å²) in [6.07, 6.45) is 3.03. The fourth-order valence-electron chi connectivity index (χ4n) is 2.22. The van der Waals surface area contributed by atoms with Crippen LogP contribution in [-0.2, 0) is 11.4 Å². The summed E-state index contributed by atoms with van der Waals surface area (Å²) < 4.78 is 7.46. The van der Waals surface area contributed by atoms with Gasteiger partial charge in [-0.2, -0.15) is 5.10 Å². The van der Waals surface area contributed by atoms with Crippen LogP contribution in [0.25, 0.3) is 5.70 Å². The zero-order valence-corrected chi connectivity index (χ0v) is 15.2. The Morgan fingerprint density at radius 2 is 1.96 bits per heavy atom. The molecule has 1 atom stereocenters. The molecule has 0 aliphatic carbocycles. The topological polar surface area (TPSA) is 81.4 Å². The maximum Gasteiger partial charge on any atom is 0.137 e. The van der Waals surface area contributed by atoms with Crippen LogP contribution in [0.5, 0.6) is 5.75 Å². The minimum atomic E-state index is -1.11. The van der Waals surface area contributed by atoms with Crippen LogP contribution in [0.4, 0.5) is 0 Å². The summed E-state index contributed by atoms with van der Waals surface area (Å²) in [6, 6.07) is 7.40. The van der Waals surface area contributed by atoms with Crippen molar-refractivity contribution in [1.29, 1.82) is 0 Å². The van der Waals surface area contributed by atoms with Gasteiger partial charge in [-0.15, -0.1) is 0 Å². The lowest BCUT2D eigenvalue weighted by Gasteiger charge is -2.39. The Morgan fingerprint density at radius 1 is 1.28 bits per heavy atom. The van der Waals surface area contributed by atoms with E-state index in [1.165, 1.54) is 13.4 Å². The average molecular weight is 346 g/mol. The van der Waals surface area contributed by atoms with Gasteiger partial charge in [-0.1, -0.05) is 27.4 Å². The second-order valence-corrected chi connectivity index (χ2v) is 6.97. The zero-order valence-electron chi connectivity index (χ0n) is 15.2. The number of aromatic nitrogens is 3. The fourth-order valence-corrected chi connectivity index (χ4v) is 2.22. The molecule has 0 bridgehead atoms. The lowest BCUT2D eigenvalue weighted by molar-refractivity contribution is -0.101. The van der Waals surface area contributed by atoms with Crippen LogP contribution >= 0.6 is 0 Å². The van der Waals surface area contributed by atoms with Crippen molar-refractivity contribution in [2.24, 2.45) is 5.41 Å². The minimum absolute atomic E-state index is 0.132. The van der Waals surface area contributed by atoms with Crippen molar-refractivity contribution in [2.45, 2.75) is 32.9 Å². The molecule has 1 unspecified atom stereocenters. The molecule has 2 N–H and O–H groups in total. The molecule has 1 aromatic heterocycles. The third-order valence-electron chi connectivity index (χ3n) is 4.19. The first-order valence-electron chi connectivity index (χ1n) is 8.01. The van der Waals surface area contributed by atoms with Crippen molar-refractivity contribution in [3.63, 3.8) is 0 Å². The molecule has 2 rings (SSSR count). The highest BCUT2D eigenvalue weighted by Crippen LogP contribution is 2.32. The van der Waals surface area contributed by atoms with Gasteiger partial charge in [0.1, 0.15) is 30.6 Å². The molecule has 2 aromatic rings. The SMILES string of the molecule is C=C(NOC)c1ccc(OCC(O)(Cn2cncn2)C(C)(C)C)cc1. The summed E-state index contributed by atoms with van der Waals surface area (Å²) in [5, 5.41) is 15.2. The molecule has 1 aromatic carbocycles. The Hall–Kier alpha value is -2.38. The lowest BCUT2D eigenvalue weighted by Crippen LogP contribution is -2.51. The average Bonchev–Trinajstić information content (AvgIpc) is 3.05. The molecule has 136 valence electrons. The van der Waals surface area contributed by atoms with Gasteiger partial charge in [0.25, 0.3) is 0 Å². The van der Waals surface area contributed by atoms with Gasteiger partial charge < -0.3 is 9.84 Å². The summed E-state index contributed by atoms with van der Waals surface area (Å²) >= 11 is 0. The van der Waals surface area contributed by atoms with Crippen LogP contribution in [0.1, 0.15) is 26.3 Å². The minimum Gasteiger partial charge on any atom is -0.490 e. The summed E-state index contributed by atoms with van der Waals surface area (Å²) in [5.74, 6) is 0.662. The predicted octanol–water partition coefficient (Wildman–Crippen LogP) is 2.26. The second-order valence-electron chi connectivity index (χ2n) is 6.97. The molecular weight excluding hydrogens is 320 g/mol. The van der Waals surface area contributed by atoms with Gasteiger partial charge in [-0.3, -0.25) is 10.3 Å². The molecule has 0 spiro atoms. The molecule has 0 aliphatic rings. The van der Waals surface area contributed by atoms with Crippen LogP contribution in [0, 0.1) is 5.41 Å². The third-order valence-corrected chi connectivity index (χ3v) is 4.19. The maximum absolute atomic E-state index is 11.1. The number of hydrogen-bond donors (Lipinski definition) is 2. The molecular formula is C18H26N4O3. The van der Waals surface area contributed by atoms with Crippen LogP contribution in [-0.4, -0.2) is 39.2 Å². The summed E-state index contributed by atoms with van der Waals surface area (Å²) in [5.41, 5.74) is 2.72. The number of hydrogen-bond acceptors (Lipinski definition) is 6. The summed E-state index contributed by atoms with van der Waals surface area (Å²) in [6.45, 7) is 10.2. The van der Waals surface area contributed by atoms with E-state index in [1.54, 1.807) is 11.0 Å². The third kappa shape index (κ3) is 4.80. The molecule has 1 heterocycles. The lowest BCUT2D eigenvalue weighted by atomic mass is 9.77. The van der Waals surface area contributed by atoms with Crippen molar-refractivity contribution in [2.75, 3.05) is 13.7 Å². The Morgan fingerprint density at radius 3 is 2.48 bits per heavy atom. The van der Waals surface area contributed by atoms with Gasteiger partial charge in [0.05, 0.1) is 19.4 Å². The van der Waals surface area contributed by atoms with Gasteiger partial charge in [-0.05, 0) is 35.2 Å². The smallest absolute Gasteiger partial charge is 0.137 e. The van der Waals surface area contributed by atoms with Crippen LogP contribution in [0.15, 0.2) is 43.5 Å². The van der Waals surface area contributed by atoms with Crippen LogP contribution in [0.2, 0.25) is 0 Å². The van der Waals surface area contributed by atoms with Crippen molar-refractivity contribution in [3.8, 4) is 5.75 Å². The molecule has 0 saturated carbocycles. The number of hydroxylamine groups is 1. The standard InChI is InChI=1S/C18H26N4O3/c1-14(21-24-5)15-6-8-16(9-7-15)25-11-18(23,17(2,3)4)10-22-13-19-12-20-22/h6-9,12-13,21,23H,1,10-11H2,2-5H3. The van der Waals surface area contributed by atoms with Crippen molar-refractivity contribution >= 4 is 5.70 Å². The van der Waals surface area contributed by atoms with Crippen LogP contribution in [0.3, 0.4) is 0 Å². The van der Waals surface area contributed by atoms with E-state index in [1.807, 2.05) is 45.0 Å². The van der Waals surface area contributed by atoms with E-state index in [2.05, 4.69) is 22.1 Å². The summed E-state index contributed by atoms with van der Waals surface area (Å²) in [4.78, 5) is 8.76. The molecule has 0 radical (unpaired) electrons. The highest BCUT2D eigenvalue weighted by molar-refractivity contribution is 5.61. The Balaban J connectivity index is 2.06. The second kappa shape index (κ2) is 7.67. The van der Waals surface area contributed by atoms with Crippen molar-refractivity contribution in [1.82, 2.24) is 20.2 Å². The Labute approximate surface area is 148 Å². The van der Waals surface area contributed by atoms with Gasteiger partial charge in [-0.25, -0.2) is 9.67 Å². The number of ether oxygens (including phenoxy) is 1. The Kier molecular flexibility index (Phi) is 5.81. The number of rotatable bonds is 8. The highest BCUT2D eigenvalue weighted by Gasteiger charge is 2.41. The zero-order chi connectivity index (χ0) is 18.5. The van der Waals surface area contributed by atoms with Crippen molar-refractivity contribution in [3.05, 3.63) is 49.1 Å². The first-order valence-corrected chi connectivity index (χ1v) is 8.01. The van der Waals surface area contributed by atoms with Gasteiger partial charge in [0, 0.05) is 0 Å². The van der Waals surface area contributed by atoms with Gasteiger partial charge in [0.15, 0.2) is 0 Å². The van der Waals surface area contributed by atoms with E-state index in [4.69, 9.17) is 9.57 Å². The van der Waals surface area contributed by atoms with Gasteiger partial charge >= 0.3 is 0 Å². The number of nitrogens with one attached hydrogen (secondary N) is 1. The molecule has 7 nitrogen and oxygen atoms in total. The molecule has 0 saturated heterocycles. The molecule has 7 heteroatoms. The molecule has 0 fully saturated rings. The molecule has 25 heavy (non-hydrogen) atoms. The van der Waals surface area contributed by atoms with E-state index in [0.29, 0.717) is 18.0 Å². The quantitative estimate of drug-likeness (QED) is 0.714. The van der Waals surface area contributed by atoms with E-state index in [-0.39, 0.29) is 6.61 Å². The largest absolute Gasteiger partial charge is 0.490 e. The highest BCUT2D eigenvalue weighted by atomic mass is 16.6. The monoisotopic (exact) mass is 346 g/mol. The molecule has 0 aliphatic heterocycles. The number of benzene rings is 1. The first kappa shape index (κ1) is 19.0. The number of aliphatic hydroxyl groups is 1. The first-order chi connectivity index (χ1) is 11.7. The number of nitrogens with zero attached hydrogens (tertiary/aromatic N) is 3. The fraction of sp³-hybridized carbons (Fsp3) is 0.444. The normalized spacial score (nSPS) is 14.0. The van der Waals surface area contributed by atoms with E-state index >= 15 is 0 Å². The maximum atomic E-state index is 11.1.